The number of H-pyrrole nitrogens is 2. The van der Waals surface area contributed by atoms with Gasteiger partial charge >= 0.3 is 5.69 Å². The van der Waals surface area contributed by atoms with Gasteiger partial charge in [-0.15, -0.1) is 0 Å². The molecule has 1 heterocycles. The summed E-state index contributed by atoms with van der Waals surface area (Å²) in [6.07, 6.45) is 0. The molecule has 4 N–H and O–H groups in total. The monoisotopic (exact) mass is 173 g/mol. The van der Waals surface area contributed by atoms with Crippen molar-refractivity contribution in [2.24, 2.45) is 5.73 Å². The second-order valence-electron chi connectivity index (χ2n) is 1.96. The molecule has 0 saturated carbocycles. The lowest BCUT2D eigenvalue weighted by Crippen LogP contribution is -2.31. The largest absolute Gasteiger partial charge is 0.364 e. The zero-order valence-corrected chi connectivity index (χ0v) is 5.68. The summed E-state index contributed by atoms with van der Waals surface area (Å²) in [5.41, 5.74) is 1.59. The molecule has 0 aromatic carbocycles. The number of aromatic amines is 2. The summed E-state index contributed by atoms with van der Waals surface area (Å²) in [5, 5.41) is 0. The minimum atomic E-state index is -1.39. The van der Waals surface area contributed by atoms with Crippen LogP contribution in [0.4, 0.5) is 4.39 Å². The molecule has 1 aromatic rings. The predicted molar refractivity (Wildman–Crippen MR) is 36.2 cm³/mol. The molecule has 0 atom stereocenters. The van der Waals surface area contributed by atoms with Crippen molar-refractivity contribution in [2.45, 2.75) is 0 Å². The molecule has 0 radical (unpaired) electrons. The SMILES string of the molecule is NC(=O)c1[nH]c(=O)[nH]c(=O)c1F. The molecular formula is C5H4FN3O3. The van der Waals surface area contributed by atoms with Gasteiger partial charge in [0.25, 0.3) is 11.5 Å². The Balaban J connectivity index is 3.59. The van der Waals surface area contributed by atoms with Crippen molar-refractivity contribution in [1.82, 2.24) is 9.97 Å². The van der Waals surface area contributed by atoms with Crippen LogP contribution in [0, 0.1) is 5.82 Å². The Kier molecular flexibility index (Phi) is 1.78. The molecule has 0 saturated heterocycles. The van der Waals surface area contributed by atoms with Crippen molar-refractivity contribution in [3.05, 3.63) is 32.3 Å². The Bertz CT molecular complexity index is 432. The molecule has 6 nitrogen and oxygen atoms in total. The van der Waals surface area contributed by atoms with E-state index < -0.39 is 28.7 Å². The minimum Gasteiger partial charge on any atom is -0.364 e. The average molecular weight is 173 g/mol. The van der Waals surface area contributed by atoms with Crippen LogP contribution < -0.4 is 17.0 Å². The summed E-state index contributed by atoms with van der Waals surface area (Å²) >= 11 is 0. The molecule has 0 aliphatic heterocycles. The lowest BCUT2D eigenvalue weighted by molar-refractivity contribution is 0.0990. The third-order valence-electron chi connectivity index (χ3n) is 1.13. The number of hydrogen-bond acceptors (Lipinski definition) is 3. The van der Waals surface area contributed by atoms with Gasteiger partial charge in [-0.2, -0.15) is 4.39 Å². The van der Waals surface area contributed by atoms with Gasteiger partial charge in [0.2, 0.25) is 5.82 Å². The van der Waals surface area contributed by atoms with Crippen molar-refractivity contribution >= 4 is 5.91 Å². The lowest BCUT2D eigenvalue weighted by atomic mass is 10.4. The van der Waals surface area contributed by atoms with Crippen LogP contribution in [0.15, 0.2) is 9.59 Å². The zero-order valence-electron chi connectivity index (χ0n) is 5.68. The first-order valence-corrected chi connectivity index (χ1v) is 2.84. The van der Waals surface area contributed by atoms with Gasteiger partial charge in [-0.25, -0.2) is 4.79 Å². The predicted octanol–water partition coefficient (Wildman–Crippen LogP) is -1.70. The van der Waals surface area contributed by atoms with E-state index in [2.05, 4.69) is 5.73 Å². The molecule has 0 bridgehead atoms. The van der Waals surface area contributed by atoms with Gasteiger partial charge in [0.15, 0.2) is 0 Å². The Morgan fingerprint density at radius 2 is 1.92 bits per heavy atom. The van der Waals surface area contributed by atoms with Crippen LogP contribution in [0.3, 0.4) is 0 Å². The second-order valence-corrected chi connectivity index (χ2v) is 1.96. The summed E-state index contributed by atoms with van der Waals surface area (Å²) in [6, 6.07) is 0. The number of carbonyl (C=O) groups is 1. The number of nitrogens with two attached hydrogens (primary N) is 1. The van der Waals surface area contributed by atoms with Gasteiger partial charge in [-0.1, -0.05) is 0 Å². The van der Waals surface area contributed by atoms with E-state index in [-0.39, 0.29) is 0 Å². The molecule has 0 spiro atoms. The average Bonchev–Trinajstić information content (AvgIpc) is 1.96. The Morgan fingerprint density at radius 1 is 1.33 bits per heavy atom. The topological polar surface area (TPSA) is 109 Å². The van der Waals surface area contributed by atoms with Crippen molar-refractivity contribution in [2.75, 3.05) is 0 Å². The highest BCUT2D eigenvalue weighted by Crippen LogP contribution is 1.91. The van der Waals surface area contributed by atoms with Crippen LogP contribution >= 0.6 is 0 Å². The molecule has 1 aromatic heterocycles. The fourth-order valence-corrected chi connectivity index (χ4v) is 0.641. The third-order valence-corrected chi connectivity index (χ3v) is 1.13. The van der Waals surface area contributed by atoms with E-state index in [1.54, 1.807) is 9.97 Å². The standard InChI is InChI=1S/C5H4FN3O3/c6-1-2(3(7)10)8-5(12)9-4(1)11/h(H2,7,10)(H2,8,9,11,12). The smallest absolute Gasteiger partial charge is 0.326 e. The minimum absolute atomic E-state index is 0.816. The second kappa shape index (κ2) is 2.61. The van der Waals surface area contributed by atoms with Gasteiger partial charge < -0.3 is 10.7 Å². The Morgan fingerprint density at radius 3 is 2.42 bits per heavy atom. The van der Waals surface area contributed by atoms with Gasteiger partial charge in [0.1, 0.15) is 5.69 Å². The highest BCUT2D eigenvalue weighted by Gasteiger charge is 2.12. The normalized spacial score (nSPS) is 9.75. The molecule has 1 rings (SSSR count). The number of nitrogens with one attached hydrogen (secondary N) is 2. The maximum Gasteiger partial charge on any atom is 0.326 e. The lowest BCUT2D eigenvalue weighted by Gasteiger charge is -1.94. The van der Waals surface area contributed by atoms with Crippen LogP contribution in [0.25, 0.3) is 0 Å². The zero-order chi connectivity index (χ0) is 9.30. The molecule has 0 aliphatic rings. The maximum absolute atomic E-state index is 12.6. The van der Waals surface area contributed by atoms with Crippen molar-refractivity contribution in [3.63, 3.8) is 0 Å². The van der Waals surface area contributed by atoms with Crippen LogP contribution in [-0.4, -0.2) is 15.9 Å². The third kappa shape index (κ3) is 1.24. The highest BCUT2D eigenvalue weighted by molar-refractivity contribution is 5.90. The molecule has 1 amide bonds. The van der Waals surface area contributed by atoms with Crippen molar-refractivity contribution in [3.8, 4) is 0 Å². The van der Waals surface area contributed by atoms with E-state index in [1.807, 2.05) is 0 Å². The molecule has 0 aliphatic carbocycles. The summed E-state index contributed by atoms with van der Waals surface area (Å²) in [5.74, 6) is -2.59. The van der Waals surface area contributed by atoms with E-state index >= 15 is 0 Å². The Hall–Kier alpha value is -1.92. The summed E-state index contributed by atoms with van der Waals surface area (Å²) in [7, 11) is 0. The van der Waals surface area contributed by atoms with Crippen LogP contribution in [0.5, 0.6) is 0 Å². The number of carbonyl (C=O) groups excluding carboxylic acids is 1. The molecule has 0 unspecified atom stereocenters. The number of halogens is 1. The Labute approximate surface area is 64.2 Å². The quantitative estimate of drug-likeness (QED) is 0.470. The fraction of sp³-hybridized carbons (Fsp3) is 0. The first kappa shape index (κ1) is 8.18. The summed E-state index contributed by atoms with van der Waals surface area (Å²) in [4.78, 5) is 34.7. The molecule has 0 fully saturated rings. The fourth-order valence-electron chi connectivity index (χ4n) is 0.641. The summed E-state index contributed by atoms with van der Waals surface area (Å²) < 4.78 is 12.6. The van der Waals surface area contributed by atoms with Crippen molar-refractivity contribution < 1.29 is 9.18 Å². The van der Waals surface area contributed by atoms with Crippen LogP contribution in [0.1, 0.15) is 10.5 Å². The van der Waals surface area contributed by atoms with E-state index in [0.29, 0.717) is 0 Å². The number of aromatic nitrogens is 2. The molecule has 12 heavy (non-hydrogen) atoms. The molecular weight excluding hydrogens is 169 g/mol. The number of rotatable bonds is 1. The van der Waals surface area contributed by atoms with Crippen molar-refractivity contribution in [1.29, 1.82) is 0 Å². The van der Waals surface area contributed by atoms with E-state index in [1.165, 1.54) is 0 Å². The van der Waals surface area contributed by atoms with Gasteiger partial charge in [-0.3, -0.25) is 14.6 Å². The van der Waals surface area contributed by atoms with Crippen LogP contribution in [-0.2, 0) is 0 Å². The van der Waals surface area contributed by atoms with E-state index in [0.717, 1.165) is 0 Å². The first-order chi connectivity index (χ1) is 5.52. The van der Waals surface area contributed by atoms with Gasteiger partial charge in [0, 0.05) is 0 Å². The highest BCUT2D eigenvalue weighted by atomic mass is 19.1. The first-order valence-electron chi connectivity index (χ1n) is 2.84. The maximum atomic E-state index is 12.6. The van der Waals surface area contributed by atoms with Gasteiger partial charge in [0.05, 0.1) is 0 Å². The van der Waals surface area contributed by atoms with E-state index in [9.17, 15) is 18.8 Å². The number of amides is 1. The van der Waals surface area contributed by atoms with Crippen LogP contribution in [0.2, 0.25) is 0 Å². The number of hydrogen-bond donors (Lipinski definition) is 3. The number of primary amides is 1. The molecule has 7 heteroatoms. The van der Waals surface area contributed by atoms with Gasteiger partial charge in [-0.05, 0) is 0 Å². The van der Waals surface area contributed by atoms with E-state index in [4.69, 9.17) is 0 Å². The summed E-state index contributed by atoms with van der Waals surface area (Å²) in [6.45, 7) is 0. The molecule has 64 valence electrons.